The molecule has 0 aliphatic carbocycles. The second-order valence-corrected chi connectivity index (χ2v) is 7.92. The first-order chi connectivity index (χ1) is 8.49. The summed E-state index contributed by atoms with van der Waals surface area (Å²) in [6, 6.07) is 0.306. The van der Waals surface area contributed by atoms with Gasteiger partial charge >= 0.3 is 0 Å². The number of sulfone groups is 1. The molecular formula is C12H19N3O2S. The summed E-state index contributed by atoms with van der Waals surface area (Å²) in [6.07, 6.45) is 4.78. The van der Waals surface area contributed by atoms with Crippen LogP contribution in [0.25, 0.3) is 0 Å². The summed E-state index contributed by atoms with van der Waals surface area (Å²) < 4.78 is 23.3. The molecule has 0 amide bonds. The topological polar surface area (TPSA) is 74.8 Å². The molecule has 0 aromatic carbocycles. The minimum Gasteiger partial charge on any atom is -0.344 e. The maximum Gasteiger partial charge on any atom is 0.151 e. The molecule has 0 saturated carbocycles. The van der Waals surface area contributed by atoms with Crippen LogP contribution in [0.4, 0.5) is 0 Å². The summed E-state index contributed by atoms with van der Waals surface area (Å²) in [5.41, 5.74) is 0.676. The van der Waals surface area contributed by atoms with Crippen molar-refractivity contribution in [2.75, 3.05) is 18.1 Å². The van der Waals surface area contributed by atoms with E-state index in [4.69, 9.17) is 0 Å². The Morgan fingerprint density at radius 2 is 2.33 bits per heavy atom. The summed E-state index contributed by atoms with van der Waals surface area (Å²) in [4.78, 5) is 7.76. The Morgan fingerprint density at radius 3 is 2.94 bits per heavy atom. The number of H-pyrrole nitrogens is 1. The summed E-state index contributed by atoms with van der Waals surface area (Å²) in [5.74, 6) is 1.48. The van der Waals surface area contributed by atoms with Crippen LogP contribution in [0, 0.1) is 0 Å². The fourth-order valence-corrected chi connectivity index (χ4v) is 5.14. The average Bonchev–Trinajstić information content (AvgIpc) is 2.98. The average molecular weight is 269 g/mol. The molecule has 1 aromatic heterocycles. The van der Waals surface area contributed by atoms with Gasteiger partial charge < -0.3 is 10.3 Å². The lowest BCUT2D eigenvalue weighted by atomic mass is 9.87. The Labute approximate surface area is 107 Å². The molecule has 3 heterocycles. The molecule has 0 bridgehead atoms. The first-order valence-corrected chi connectivity index (χ1v) is 8.30. The van der Waals surface area contributed by atoms with E-state index >= 15 is 0 Å². The summed E-state index contributed by atoms with van der Waals surface area (Å²) in [5, 5.41) is 3.39. The summed E-state index contributed by atoms with van der Waals surface area (Å²) in [7, 11) is -2.88. The lowest BCUT2D eigenvalue weighted by molar-refractivity contribution is 0.517. The van der Waals surface area contributed by atoms with Gasteiger partial charge in [-0.05, 0) is 25.8 Å². The van der Waals surface area contributed by atoms with Gasteiger partial charge in [-0.3, -0.25) is 0 Å². The molecule has 2 unspecified atom stereocenters. The molecule has 6 heteroatoms. The van der Waals surface area contributed by atoms with Gasteiger partial charge in [0, 0.05) is 17.3 Å². The van der Waals surface area contributed by atoms with E-state index in [0.717, 1.165) is 24.5 Å². The molecule has 2 aliphatic heterocycles. The molecule has 1 aromatic rings. The molecule has 0 spiro atoms. The number of hydrogen-bond acceptors (Lipinski definition) is 4. The van der Waals surface area contributed by atoms with Gasteiger partial charge in [0.25, 0.3) is 0 Å². The van der Waals surface area contributed by atoms with Crippen LogP contribution in [0.1, 0.15) is 43.7 Å². The monoisotopic (exact) mass is 269 g/mol. The van der Waals surface area contributed by atoms with Crippen LogP contribution in [-0.2, 0) is 15.3 Å². The molecule has 100 valence electrons. The third-order valence-corrected chi connectivity index (χ3v) is 6.04. The van der Waals surface area contributed by atoms with Crippen LogP contribution >= 0.6 is 0 Å². The Morgan fingerprint density at radius 1 is 1.50 bits per heavy atom. The van der Waals surface area contributed by atoms with Crippen molar-refractivity contribution < 1.29 is 8.42 Å². The fourth-order valence-electron chi connectivity index (χ4n) is 2.96. The zero-order chi connectivity index (χ0) is 12.8. The number of nitrogens with zero attached hydrogens (tertiary/aromatic N) is 1. The van der Waals surface area contributed by atoms with Crippen molar-refractivity contribution in [3.63, 3.8) is 0 Å². The van der Waals surface area contributed by atoms with E-state index in [2.05, 4.69) is 15.3 Å². The van der Waals surface area contributed by atoms with Crippen molar-refractivity contribution in [1.82, 2.24) is 15.3 Å². The van der Waals surface area contributed by atoms with Crippen LogP contribution in [-0.4, -0.2) is 36.4 Å². The smallest absolute Gasteiger partial charge is 0.151 e. The molecule has 2 N–H and O–H groups in total. The number of imidazole rings is 1. The van der Waals surface area contributed by atoms with Gasteiger partial charge in [0.05, 0.1) is 17.5 Å². The highest BCUT2D eigenvalue weighted by atomic mass is 32.2. The Kier molecular flexibility index (Phi) is 2.75. The molecular weight excluding hydrogens is 250 g/mol. The Hall–Kier alpha value is -0.880. The van der Waals surface area contributed by atoms with E-state index < -0.39 is 9.84 Å². The van der Waals surface area contributed by atoms with E-state index in [-0.39, 0.29) is 11.2 Å². The number of aromatic amines is 1. The Balaban J connectivity index is 1.85. The quantitative estimate of drug-likeness (QED) is 0.837. The first kappa shape index (κ1) is 12.2. The van der Waals surface area contributed by atoms with Gasteiger partial charge in [-0.25, -0.2) is 13.4 Å². The maximum absolute atomic E-state index is 11.6. The molecule has 2 aliphatic rings. The van der Waals surface area contributed by atoms with Crippen molar-refractivity contribution >= 4 is 9.84 Å². The molecule has 2 atom stereocenters. The molecule has 2 fully saturated rings. The fraction of sp³-hybridized carbons (Fsp3) is 0.750. The van der Waals surface area contributed by atoms with E-state index in [1.165, 1.54) is 6.42 Å². The lowest BCUT2D eigenvalue weighted by Crippen LogP contribution is -2.24. The Bertz CT molecular complexity index is 545. The van der Waals surface area contributed by atoms with Gasteiger partial charge in [-0.2, -0.15) is 0 Å². The normalized spacial score (nSPS) is 35.1. The van der Waals surface area contributed by atoms with Gasteiger partial charge in [-0.1, -0.05) is 6.92 Å². The molecule has 3 rings (SSSR count). The van der Waals surface area contributed by atoms with Crippen LogP contribution in [0.5, 0.6) is 0 Å². The minimum absolute atomic E-state index is 0.236. The minimum atomic E-state index is -2.88. The molecule has 2 saturated heterocycles. The molecule has 5 nitrogen and oxygen atoms in total. The van der Waals surface area contributed by atoms with Crippen LogP contribution in [0.2, 0.25) is 0 Å². The molecule has 0 radical (unpaired) electrons. The van der Waals surface area contributed by atoms with Crippen molar-refractivity contribution in [1.29, 1.82) is 0 Å². The molecule has 18 heavy (non-hydrogen) atoms. The van der Waals surface area contributed by atoms with Crippen molar-refractivity contribution in [3.8, 4) is 0 Å². The standard InChI is InChI=1S/C12H19N3O2S/c1-12(4-6-18(16,17)8-12)10-7-14-11(15-10)9-3-2-5-13-9/h7,9,13H,2-6,8H2,1H3,(H,14,15). The second kappa shape index (κ2) is 4.06. The highest BCUT2D eigenvalue weighted by molar-refractivity contribution is 7.91. The van der Waals surface area contributed by atoms with Crippen molar-refractivity contribution in [2.24, 2.45) is 0 Å². The summed E-state index contributed by atoms with van der Waals surface area (Å²) >= 11 is 0. The van der Waals surface area contributed by atoms with Gasteiger partial charge in [0.2, 0.25) is 0 Å². The first-order valence-electron chi connectivity index (χ1n) is 6.48. The van der Waals surface area contributed by atoms with Crippen molar-refractivity contribution in [3.05, 3.63) is 17.7 Å². The number of rotatable bonds is 2. The highest BCUT2D eigenvalue weighted by Gasteiger charge is 2.41. The zero-order valence-corrected chi connectivity index (χ0v) is 11.4. The maximum atomic E-state index is 11.6. The van der Waals surface area contributed by atoms with Gasteiger partial charge in [0.15, 0.2) is 9.84 Å². The van der Waals surface area contributed by atoms with Crippen molar-refractivity contribution in [2.45, 2.75) is 37.6 Å². The van der Waals surface area contributed by atoms with E-state index in [0.29, 0.717) is 18.2 Å². The third-order valence-electron chi connectivity index (χ3n) is 4.14. The number of nitrogens with one attached hydrogen (secondary N) is 2. The van der Waals surface area contributed by atoms with Crippen LogP contribution in [0.15, 0.2) is 6.20 Å². The summed E-state index contributed by atoms with van der Waals surface area (Å²) in [6.45, 7) is 3.04. The second-order valence-electron chi connectivity index (χ2n) is 5.73. The number of aromatic nitrogens is 2. The highest BCUT2D eigenvalue weighted by Crippen LogP contribution is 2.35. The largest absolute Gasteiger partial charge is 0.344 e. The third kappa shape index (κ3) is 2.07. The van der Waals surface area contributed by atoms with Crippen LogP contribution in [0.3, 0.4) is 0 Å². The van der Waals surface area contributed by atoms with Gasteiger partial charge in [0.1, 0.15) is 5.82 Å². The number of hydrogen-bond donors (Lipinski definition) is 2. The van der Waals surface area contributed by atoms with Gasteiger partial charge in [-0.15, -0.1) is 0 Å². The predicted octanol–water partition coefficient (Wildman–Crippen LogP) is 0.910. The van der Waals surface area contributed by atoms with Crippen LogP contribution < -0.4 is 5.32 Å². The lowest BCUT2D eigenvalue weighted by Gasteiger charge is -2.19. The predicted molar refractivity (Wildman–Crippen MR) is 69.2 cm³/mol. The van der Waals surface area contributed by atoms with E-state index in [1.54, 1.807) is 0 Å². The zero-order valence-electron chi connectivity index (χ0n) is 10.6. The van der Waals surface area contributed by atoms with E-state index in [9.17, 15) is 8.42 Å². The van der Waals surface area contributed by atoms with E-state index in [1.807, 2.05) is 13.1 Å². The SMILES string of the molecule is CC1(c2cnc(C3CCCN3)[nH]2)CCS(=O)(=O)C1.